The number of fused-ring (bicyclic) bond motifs is 1. The molecule has 4 rings (SSSR count). The van der Waals surface area contributed by atoms with Crippen molar-refractivity contribution in [3.8, 4) is 0 Å². The predicted molar refractivity (Wildman–Crippen MR) is 139 cm³/mol. The van der Waals surface area contributed by atoms with Crippen LogP contribution in [0, 0.1) is 0 Å². The van der Waals surface area contributed by atoms with E-state index < -0.39 is 5.54 Å². The van der Waals surface area contributed by atoms with Gasteiger partial charge in [-0.2, -0.15) is 0 Å². The lowest BCUT2D eigenvalue weighted by Crippen LogP contribution is -2.49. The van der Waals surface area contributed by atoms with Gasteiger partial charge >= 0.3 is 0 Å². The molecule has 0 radical (unpaired) electrons. The molecule has 2 heterocycles. The molecule has 2 amide bonds. The second-order valence-electron chi connectivity index (χ2n) is 9.07. The van der Waals surface area contributed by atoms with Gasteiger partial charge in [0.25, 0.3) is 5.91 Å². The molecule has 0 fully saturated rings. The maximum atomic E-state index is 13.2. The van der Waals surface area contributed by atoms with E-state index in [0.29, 0.717) is 5.56 Å². The SMILES string of the molecule is CCCN(CCC)C(=O)c1cccc(CN2C(=O)C[C@@](C)(c3ccc4sccc4c3)N=C2N)c1. The van der Waals surface area contributed by atoms with Crippen LogP contribution < -0.4 is 5.73 Å². The minimum atomic E-state index is -0.702. The third-order valence-corrected chi connectivity index (χ3v) is 7.20. The second-order valence-corrected chi connectivity index (χ2v) is 10.0. The van der Waals surface area contributed by atoms with Gasteiger partial charge in [0, 0.05) is 23.4 Å². The number of nitrogens with zero attached hydrogens (tertiary/aromatic N) is 3. The van der Waals surface area contributed by atoms with E-state index >= 15 is 0 Å². The summed E-state index contributed by atoms with van der Waals surface area (Å²) in [6, 6.07) is 15.8. The van der Waals surface area contributed by atoms with Crippen molar-refractivity contribution in [3.05, 3.63) is 70.6 Å². The van der Waals surface area contributed by atoms with Crippen LogP contribution in [0.2, 0.25) is 0 Å². The number of hydrogen-bond acceptors (Lipinski definition) is 5. The number of aliphatic imine (C=N–C) groups is 1. The number of rotatable bonds is 8. The smallest absolute Gasteiger partial charge is 0.253 e. The summed E-state index contributed by atoms with van der Waals surface area (Å²) in [6.07, 6.45) is 2.07. The lowest BCUT2D eigenvalue weighted by atomic mass is 9.87. The molecule has 0 spiro atoms. The van der Waals surface area contributed by atoms with Gasteiger partial charge in [-0.1, -0.05) is 32.0 Å². The molecule has 6 nitrogen and oxygen atoms in total. The number of amides is 2. The third kappa shape index (κ3) is 4.85. The summed E-state index contributed by atoms with van der Waals surface area (Å²) in [5, 5.41) is 3.21. The van der Waals surface area contributed by atoms with Gasteiger partial charge < -0.3 is 10.6 Å². The predicted octanol–water partition coefficient (Wildman–Crippen LogP) is 5.13. The zero-order valence-electron chi connectivity index (χ0n) is 20.1. The molecule has 1 atom stereocenters. The summed E-state index contributed by atoms with van der Waals surface area (Å²) in [5.41, 5.74) is 8.10. The van der Waals surface area contributed by atoms with E-state index in [1.54, 1.807) is 11.3 Å². The van der Waals surface area contributed by atoms with E-state index in [1.807, 2.05) is 42.2 Å². The van der Waals surface area contributed by atoms with Gasteiger partial charge in [-0.05, 0) is 72.0 Å². The number of guanidine groups is 1. The molecule has 0 saturated carbocycles. The molecule has 0 aliphatic carbocycles. The number of hydrogen-bond donors (Lipinski definition) is 1. The van der Waals surface area contributed by atoms with E-state index in [2.05, 4.69) is 37.4 Å². The molecule has 0 unspecified atom stereocenters. The fraction of sp³-hybridized carbons (Fsp3) is 0.370. The molecule has 178 valence electrons. The molecular formula is C27H32N4O2S. The van der Waals surface area contributed by atoms with Crippen LogP contribution in [0.25, 0.3) is 10.1 Å². The van der Waals surface area contributed by atoms with E-state index in [-0.39, 0.29) is 30.7 Å². The molecule has 2 N–H and O–H groups in total. The maximum absolute atomic E-state index is 13.2. The quantitative estimate of drug-likeness (QED) is 0.490. The van der Waals surface area contributed by atoms with Crippen molar-refractivity contribution in [2.75, 3.05) is 13.1 Å². The topological polar surface area (TPSA) is 79.0 Å². The Labute approximate surface area is 205 Å². The van der Waals surface area contributed by atoms with Crippen molar-refractivity contribution < 1.29 is 9.59 Å². The first kappa shape index (κ1) is 24.0. The highest BCUT2D eigenvalue weighted by Crippen LogP contribution is 2.36. The highest BCUT2D eigenvalue weighted by atomic mass is 32.1. The van der Waals surface area contributed by atoms with Crippen LogP contribution in [0.1, 0.15) is 61.5 Å². The zero-order chi connectivity index (χ0) is 24.3. The monoisotopic (exact) mass is 476 g/mol. The van der Waals surface area contributed by atoms with Crippen LogP contribution in [0.5, 0.6) is 0 Å². The molecule has 34 heavy (non-hydrogen) atoms. The largest absolute Gasteiger partial charge is 0.369 e. The van der Waals surface area contributed by atoms with E-state index in [0.717, 1.165) is 42.4 Å². The Kier molecular flexibility index (Phi) is 7.03. The van der Waals surface area contributed by atoms with Gasteiger partial charge in [0.1, 0.15) is 0 Å². The summed E-state index contributed by atoms with van der Waals surface area (Å²) in [4.78, 5) is 34.4. The fourth-order valence-corrected chi connectivity index (χ4v) is 5.30. The Balaban J connectivity index is 1.55. The first-order valence-corrected chi connectivity index (χ1v) is 12.7. The Morgan fingerprint density at radius 3 is 2.62 bits per heavy atom. The van der Waals surface area contributed by atoms with Crippen molar-refractivity contribution in [1.82, 2.24) is 9.80 Å². The first-order valence-electron chi connectivity index (χ1n) is 11.9. The van der Waals surface area contributed by atoms with Crippen molar-refractivity contribution >= 4 is 39.2 Å². The average Bonchev–Trinajstić information content (AvgIpc) is 3.29. The second kappa shape index (κ2) is 9.97. The lowest BCUT2D eigenvalue weighted by Gasteiger charge is -2.35. The molecule has 1 aromatic heterocycles. The van der Waals surface area contributed by atoms with Crippen molar-refractivity contribution in [3.63, 3.8) is 0 Å². The number of carbonyl (C=O) groups is 2. The van der Waals surface area contributed by atoms with Gasteiger partial charge in [0.2, 0.25) is 5.91 Å². The molecule has 3 aromatic rings. The van der Waals surface area contributed by atoms with Crippen LogP contribution in [0.15, 0.2) is 58.9 Å². The van der Waals surface area contributed by atoms with Crippen molar-refractivity contribution in [2.24, 2.45) is 10.7 Å². The molecule has 1 aliphatic heterocycles. The fourth-order valence-electron chi connectivity index (χ4n) is 4.53. The Hall–Kier alpha value is -3.19. The van der Waals surface area contributed by atoms with Gasteiger partial charge in [0.05, 0.1) is 18.5 Å². The van der Waals surface area contributed by atoms with Crippen LogP contribution >= 0.6 is 11.3 Å². The average molecular weight is 477 g/mol. The van der Waals surface area contributed by atoms with Crippen molar-refractivity contribution in [1.29, 1.82) is 0 Å². The van der Waals surface area contributed by atoms with Crippen LogP contribution in [0.4, 0.5) is 0 Å². The number of carbonyl (C=O) groups excluding carboxylic acids is 2. The van der Waals surface area contributed by atoms with Gasteiger partial charge in [-0.3, -0.25) is 14.5 Å². The Morgan fingerprint density at radius 1 is 1.15 bits per heavy atom. The number of thiophene rings is 1. The summed E-state index contributed by atoms with van der Waals surface area (Å²) in [7, 11) is 0. The number of nitrogens with two attached hydrogens (primary N) is 1. The zero-order valence-corrected chi connectivity index (χ0v) is 20.9. The Morgan fingerprint density at radius 2 is 1.91 bits per heavy atom. The minimum absolute atomic E-state index is 0.0218. The molecule has 0 saturated heterocycles. The van der Waals surface area contributed by atoms with Crippen LogP contribution in [-0.4, -0.2) is 40.7 Å². The highest BCUT2D eigenvalue weighted by molar-refractivity contribution is 7.17. The van der Waals surface area contributed by atoms with Crippen molar-refractivity contribution in [2.45, 2.75) is 52.1 Å². The summed E-state index contributed by atoms with van der Waals surface area (Å²) in [6.45, 7) is 7.85. The van der Waals surface area contributed by atoms with Gasteiger partial charge in [0.15, 0.2) is 5.96 Å². The molecule has 7 heteroatoms. The van der Waals surface area contributed by atoms with E-state index in [4.69, 9.17) is 10.7 Å². The normalized spacial score (nSPS) is 18.3. The summed E-state index contributed by atoms with van der Waals surface area (Å²) < 4.78 is 1.21. The third-order valence-electron chi connectivity index (χ3n) is 6.30. The Bertz CT molecular complexity index is 1230. The highest BCUT2D eigenvalue weighted by Gasteiger charge is 2.37. The summed E-state index contributed by atoms with van der Waals surface area (Å²) >= 11 is 1.69. The standard InChI is InChI=1S/C27H32N4O2S/c1-4-12-30(13-5-2)25(33)21-8-6-7-19(15-21)18-31-24(32)17-27(3,29-26(31)28)22-9-10-23-20(16-22)11-14-34-23/h6-11,14-16H,4-5,12-13,17-18H2,1-3H3,(H2,28,29)/t27-/m0/s1. The molecular weight excluding hydrogens is 444 g/mol. The maximum Gasteiger partial charge on any atom is 0.253 e. The van der Waals surface area contributed by atoms with E-state index in [9.17, 15) is 9.59 Å². The molecule has 2 aromatic carbocycles. The minimum Gasteiger partial charge on any atom is -0.369 e. The van der Waals surface area contributed by atoms with Gasteiger partial charge in [-0.25, -0.2) is 4.99 Å². The summed E-state index contributed by atoms with van der Waals surface area (Å²) in [5.74, 6) is 0.156. The first-order chi connectivity index (χ1) is 16.3. The lowest BCUT2D eigenvalue weighted by molar-refractivity contribution is -0.130. The molecule has 1 aliphatic rings. The van der Waals surface area contributed by atoms with E-state index in [1.165, 1.54) is 9.60 Å². The van der Waals surface area contributed by atoms with Crippen LogP contribution in [0.3, 0.4) is 0 Å². The van der Waals surface area contributed by atoms with Gasteiger partial charge in [-0.15, -0.1) is 11.3 Å². The molecule has 0 bridgehead atoms. The van der Waals surface area contributed by atoms with Crippen LogP contribution in [-0.2, 0) is 16.9 Å². The number of benzene rings is 2.